The molecule has 0 aliphatic carbocycles. The second-order valence-corrected chi connectivity index (χ2v) is 4.32. The SMILES string of the molecule is CC(N)Cc1nccn1Cc1ccc(O)cc1. The van der Waals surface area contributed by atoms with Gasteiger partial charge in [-0.1, -0.05) is 12.1 Å². The summed E-state index contributed by atoms with van der Waals surface area (Å²) < 4.78 is 2.08. The Morgan fingerprint density at radius 1 is 1.35 bits per heavy atom. The summed E-state index contributed by atoms with van der Waals surface area (Å²) in [6.07, 6.45) is 4.51. The summed E-state index contributed by atoms with van der Waals surface area (Å²) in [5, 5.41) is 9.22. The smallest absolute Gasteiger partial charge is 0.115 e. The molecule has 0 spiro atoms. The largest absolute Gasteiger partial charge is 0.508 e. The van der Waals surface area contributed by atoms with Crippen LogP contribution < -0.4 is 5.73 Å². The Labute approximate surface area is 101 Å². The molecule has 0 saturated carbocycles. The maximum atomic E-state index is 9.22. The Morgan fingerprint density at radius 3 is 2.71 bits per heavy atom. The van der Waals surface area contributed by atoms with Crippen molar-refractivity contribution in [1.82, 2.24) is 9.55 Å². The molecule has 0 saturated heterocycles. The van der Waals surface area contributed by atoms with E-state index in [0.29, 0.717) is 0 Å². The fourth-order valence-electron chi connectivity index (χ4n) is 1.76. The van der Waals surface area contributed by atoms with Crippen molar-refractivity contribution in [3.63, 3.8) is 0 Å². The molecule has 2 rings (SSSR count). The van der Waals surface area contributed by atoms with Crippen LogP contribution in [-0.4, -0.2) is 20.7 Å². The average molecular weight is 231 g/mol. The molecule has 1 atom stereocenters. The molecule has 2 aromatic rings. The lowest BCUT2D eigenvalue weighted by Crippen LogP contribution is -2.20. The van der Waals surface area contributed by atoms with E-state index in [1.54, 1.807) is 18.3 Å². The van der Waals surface area contributed by atoms with Crippen molar-refractivity contribution in [2.24, 2.45) is 5.73 Å². The van der Waals surface area contributed by atoms with Gasteiger partial charge in [-0.3, -0.25) is 0 Å². The molecule has 1 heterocycles. The van der Waals surface area contributed by atoms with E-state index in [0.717, 1.165) is 24.4 Å². The van der Waals surface area contributed by atoms with Crippen LogP contribution in [0.2, 0.25) is 0 Å². The monoisotopic (exact) mass is 231 g/mol. The summed E-state index contributed by atoms with van der Waals surface area (Å²) in [4.78, 5) is 4.30. The zero-order chi connectivity index (χ0) is 12.3. The predicted molar refractivity (Wildman–Crippen MR) is 66.8 cm³/mol. The van der Waals surface area contributed by atoms with Gasteiger partial charge < -0.3 is 15.4 Å². The Bertz CT molecular complexity index is 474. The van der Waals surface area contributed by atoms with Crippen LogP contribution in [-0.2, 0) is 13.0 Å². The van der Waals surface area contributed by atoms with Crippen LogP contribution in [0.25, 0.3) is 0 Å². The predicted octanol–water partition coefficient (Wildman–Crippen LogP) is 1.53. The van der Waals surface area contributed by atoms with E-state index in [-0.39, 0.29) is 11.8 Å². The molecule has 1 aromatic heterocycles. The van der Waals surface area contributed by atoms with Crippen LogP contribution in [0.15, 0.2) is 36.7 Å². The maximum Gasteiger partial charge on any atom is 0.115 e. The van der Waals surface area contributed by atoms with Crippen molar-refractivity contribution in [3.8, 4) is 5.75 Å². The molecule has 0 aliphatic heterocycles. The number of imidazole rings is 1. The van der Waals surface area contributed by atoms with Gasteiger partial charge in [-0.05, 0) is 24.6 Å². The quantitative estimate of drug-likeness (QED) is 0.838. The van der Waals surface area contributed by atoms with E-state index in [4.69, 9.17) is 5.73 Å². The zero-order valence-electron chi connectivity index (χ0n) is 9.87. The molecule has 0 amide bonds. The number of phenols is 1. The fourth-order valence-corrected chi connectivity index (χ4v) is 1.76. The zero-order valence-corrected chi connectivity index (χ0v) is 9.87. The highest BCUT2D eigenvalue weighted by Gasteiger charge is 2.05. The van der Waals surface area contributed by atoms with Crippen LogP contribution in [0.1, 0.15) is 18.3 Å². The highest BCUT2D eigenvalue weighted by molar-refractivity contribution is 5.26. The highest BCUT2D eigenvalue weighted by atomic mass is 16.3. The van der Waals surface area contributed by atoms with E-state index >= 15 is 0 Å². The third kappa shape index (κ3) is 3.07. The Hall–Kier alpha value is -1.81. The third-order valence-electron chi connectivity index (χ3n) is 2.60. The Morgan fingerprint density at radius 2 is 2.06 bits per heavy atom. The number of aromatic hydroxyl groups is 1. The molecule has 4 heteroatoms. The molecule has 90 valence electrons. The van der Waals surface area contributed by atoms with Crippen LogP contribution in [0, 0.1) is 0 Å². The van der Waals surface area contributed by atoms with Gasteiger partial charge in [0.2, 0.25) is 0 Å². The summed E-state index contributed by atoms with van der Waals surface area (Å²) >= 11 is 0. The van der Waals surface area contributed by atoms with Gasteiger partial charge in [-0.2, -0.15) is 0 Å². The van der Waals surface area contributed by atoms with E-state index < -0.39 is 0 Å². The third-order valence-corrected chi connectivity index (χ3v) is 2.60. The molecule has 0 aliphatic rings. The van der Waals surface area contributed by atoms with Gasteiger partial charge in [0.05, 0.1) is 0 Å². The van der Waals surface area contributed by atoms with Crippen LogP contribution in [0.4, 0.5) is 0 Å². The number of phenolic OH excluding ortho intramolecular Hbond substituents is 1. The fraction of sp³-hybridized carbons (Fsp3) is 0.308. The van der Waals surface area contributed by atoms with Gasteiger partial charge in [0.1, 0.15) is 11.6 Å². The first kappa shape index (κ1) is 11.7. The molecule has 4 nitrogen and oxygen atoms in total. The van der Waals surface area contributed by atoms with Gasteiger partial charge in [0, 0.05) is 31.4 Å². The minimum Gasteiger partial charge on any atom is -0.508 e. The van der Waals surface area contributed by atoms with Gasteiger partial charge in [0.25, 0.3) is 0 Å². The van der Waals surface area contributed by atoms with Crippen molar-refractivity contribution in [3.05, 3.63) is 48.0 Å². The number of hydrogen-bond donors (Lipinski definition) is 2. The lowest BCUT2D eigenvalue weighted by molar-refractivity contribution is 0.475. The van der Waals surface area contributed by atoms with E-state index in [2.05, 4.69) is 9.55 Å². The molecule has 1 aromatic carbocycles. The molecule has 0 radical (unpaired) electrons. The van der Waals surface area contributed by atoms with E-state index in [1.165, 1.54) is 0 Å². The number of hydrogen-bond acceptors (Lipinski definition) is 3. The van der Waals surface area contributed by atoms with Crippen LogP contribution in [0.5, 0.6) is 5.75 Å². The normalized spacial score (nSPS) is 12.6. The summed E-state index contributed by atoms with van der Waals surface area (Å²) in [6, 6.07) is 7.31. The molecular weight excluding hydrogens is 214 g/mol. The summed E-state index contributed by atoms with van der Waals surface area (Å²) in [6.45, 7) is 2.72. The first-order chi connectivity index (χ1) is 8.15. The Kier molecular flexibility index (Phi) is 3.44. The average Bonchev–Trinajstić information content (AvgIpc) is 2.68. The van der Waals surface area contributed by atoms with E-state index in [9.17, 15) is 5.11 Å². The summed E-state index contributed by atoms with van der Waals surface area (Å²) in [7, 11) is 0. The standard InChI is InChI=1S/C13H17N3O/c1-10(14)8-13-15-6-7-16(13)9-11-2-4-12(17)5-3-11/h2-7,10,17H,8-9,14H2,1H3. The number of nitrogens with two attached hydrogens (primary N) is 1. The van der Waals surface area contributed by atoms with Gasteiger partial charge in [0.15, 0.2) is 0 Å². The van der Waals surface area contributed by atoms with Crippen molar-refractivity contribution in [1.29, 1.82) is 0 Å². The van der Waals surface area contributed by atoms with Crippen LogP contribution in [0.3, 0.4) is 0 Å². The molecule has 0 bridgehead atoms. The molecule has 3 N–H and O–H groups in total. The van der Waals surface area contributed by atoms with Crippen molar-refractivity contribution in [2.75, 3.05) is 0 Å². The van der Waals surface area contributed by atoms with Crippen molar-refractivity contribution in [2.45, 2.75) is 25.9 Å². The minimum atomic E-state index is 0.107. The van der Waals surface area contributed by atoms with Crippen LogP contribution >= 0.6 is 0 Å². The second kappa shape index (κ2) is 5.01. The lowest BCUT2D eigenvalue weighted by Gasteiger charge is -2.09. The number of benzene rings is 1. The number of nitrogens with zero attached hydrogens (tertiary/aromatic N) is 2. The lowest BCUT2D eigenvalue weighted by atomic mass is 10.2. The summed E-state index contributed by atoms with van der Waals surface area (Å²) in [5.41, 5.74) is 6.91. The Balaban J connectivity index is 2.13. The van der Waals surface area contributed by atoms with Gasteiger partial charge in [-0.15, -0.1) is 0 Å². The van der Waals surface area contributed by atoms with Crippen molar-refractivity contribution >= 4 is 0 Å². The first-order valence-corrected chi connectivity index (χ1v) is 5.68. The molecule has 1 unspecified atom stereocenters. The minimum absolute atomic E-state index is 0.107. The van der Waals surface area contributed by atoms with E-state index in [1.807, 2.05) is 25.3 Å². The highest BCUT2D eigenvalue weighted by Crippen LogP contribution is 2.12. The number of rotatable bonds is 4. The topological polar surface area (TPSA) is 64.1 Å². The van der Waals surface area contributed by atoms with Gasteiger partial charge >= 0.3 is 0 Å². The maximum absolute atomic E-state index is 9.22. The molecule has 0 fully saturated rings. The first-order valence-electron chi connectivity index (χ1n) is 5.68. The number of aromatic nitrogens is 2. The summed E-state index contributed by atoms with van der Waals surface area (Å²) in [5.74, 6) is 1.28. The molecule has 17 heavy (non-hydrogen) atoms. The van der Waals surface area contributed by atoms with Gasteiger partial charge in [-0.25, -0.2) is 4.98 Å². The van der Waals surface area contributed by atoms with Crippen molar-refractivity contribution < 1.29 is 5.11 Å². The second-order valence-electron chi connectivity index (χ2n) is 4.32. The molecular formula is C13H17N3O.